The van der Waals surface area contributed by atoms with Gasteiger partial charge in [0.05, 0.1) is 17.7 Å². The number of halogens is 1. The number of fused-ring (bicyclic) bond motifs is 1. The Balaban J connectivity index is 1.50. The number of carbonyl (C=O) groups excluding carboxylic acids is 1. The molecule has 0 aliphatic carbocycles. The van der Waals surface area contributed by atoms with Crippen LogP contribution in [0.4, 0.5) is 0 Å². The van der Waals surface area contributed by atoms with E-state index in [1.165, 1.54) is 16.8 Å². The average Bonchev–Trinajstić information content (AvgIpc) is 3.37. The summed E-state index contributed by atoms with van der Waals surface area (Å²) in [6.07, 6.45) is 1.71. The fourth-order valence-electron chi connectivity index (χ4n) is 3.95. The van der Waals surface area contributed by atoms with Crippen LogP contribution in [-0.2, 0) is 4.79 Å². The van der Waals surface area contributed by atoms with E-state index >= 15 is 0 Å². The van der Waals surface area contributed by atoms with Crippen LogP contribution < -0.4 is 4.74 Å². The molecule has 0 bridgehead atoms. The minimum atomic E-state index is -0.464. The van der Waals surface area contributed by atoms with Crippen molar-refractivity contribution in [3.63, 3.8) is 0 Å². The van der Waals surface area contributed by atoms with Crippen LogP contribution in [0.15, 0.2) is 70.3 Å². The summed E-state index contributed by atoms with van der Waals surface area (Å²) in [5.74, 6) is 0.302. The molecule has 0 spiro atoms. The molecule has 7 nitrogen and oxygen atoms in total. The highest BCUT2D eigenvalue weighted by molar-refractivity contribution is 8.27. The summed E-state index contributed by atoms with van der Waals surface area (Å²) >= 11 is 7.54. The lowest BCUT2D eigenvalue weighted by Crippen LogP contribution is -2.35. The van der Waals surface area contributed by atoms with Gasteiger partial charge in [-0.1, -0.05) is 29.8 Å². The van der Waals surface area contributed by atoms with Gasteiger partial charge in [-0.05, 0) is 73.6 Å². The SMILES string of the molecule is COc1ccc(-n2c(C)cc(C=C3C(=N)N4N=C(c5ccccc5Cl)SC4=NC3=O)c2C)cc1. The average molecular weight is 490 g/mol. The third-order valence-electron chi connectivity index (χ3n) is 5.66. The number of rotatable bonds is 4. The predicted octanol–water partition coefficient (Wildman–Crippen LogP) is 5.42. The number of aliphatic imine (C=N–C) groups is 1. The van der Waals surface area contributed by atoms with E-state index in [9.17, 15) is 4.79 Å². The minimum absolute atomic E-state index is 0.0150. The summed E-state index contributed by atoms with van der Waals surface area (Å²) in [7, 11) is 1.63. The number of nitrogens with one attached hydrogen (secondary N) is 1. The second-order valence-electron chi connectivity index (χ2n) is 7.76. The Morgan fingerprint density at radius 3 is 2.56 bits per heavy atom. The zero-order valence-corrected chi connectivity index (χ0v) is 20.2. The Bertz CT molecular complexity index is 1440. The molecule has 2 aliphatic heterocycles. The van der Waals surface area contributed by atoms with Crippen molar-refractivity contribution in [1.82, 2.24) is 9.58 Å². The number of carbonyl (C=O) groups is 1. The number of hydrogen-bond acceptors (Lipinski definition) is 5. The quantitative estimate of drug-likeness (QED) is 0.496. The summed E-state index contributed by atoms with van der Waals surface area (Å²) in [5, 5.41) is 16.1. The molecule has 1 amide bonds. The molecular formula is C25H20ClN5O2S. The first-order valence-corrected chi connectivity index (χ1v) is 11.7. The normalized spacial score (nSPS) is 16.6. The van der Waals surface area contributed by atoms with E-state index in [1.54, 1.807) is 19.3 Å². The fraction of sp³-hybridized carbons (Fsp3) is 0.120. The van der Waals surface area contributed by atoms with Gasteiger partial charge in [0.15, 0.2) is 5.84 Å². The lowest BCUT2D eigenvalue weighted by atomic mass is 10.1. The molecule has 1 N–H and O–H groups in total. The first kappa shape index (κ1) is 22.2. The van der Waals surface area contributed by atoms with E-state index in [0.29, 0.717) is 15.2 Å². The number of aromatic nitrogens is 1. The minimum Gasteiger partial charge on any atom is -0.497 e. The van der Waals surface area contributed by atoms with Crippen molar-refractivity contribution in [2.45, 2.75) is 13.8 Å². The van der Waals surface area contributed by atoms with E-state index < -0.39 is 5.91 Å². The van der Waals surface area contributed by atoms with E-state index in [0.717, 1.165) is 34.0 Å². The van der Waals surface area contributed by atoms with Crippen LogP contribution in [0.2, 0.25) is 5.02 Å². The second-order valence-corrected chi connectivity index (χ2v) is 9.13. The topological polar surface area (TPSA) is 83.0 Å². The Kier molecular flexibility index (Phi) is 5.63. The summed E-state index contributed by atoms with van der Waals surface area (Å²) in [4.78, 5) is 17.1. The molecule has 1 aromatic heterocycles. The summed E-state index contributed by atoms with van der Waals surface area (Å²) in [5.41, 5.74) is 4.69. The van der Waals surface area contributed by atoms with Gasteiger partial charge in [0.2, 0.25) is 5.17 Å². The van der Waals surface area contributed by atoms with Gasteiger partial charge in [0, 0.05) is 22.6 Å². The van der Waals surface area contributed by atoms with Crippen LogP contribution in [0.5, 0.6) is 5.75 Å². The number of ether oxygens (including phenoxy) is 1. The summed E-state index contributed by atoms with van der Waals surface area (Å²) < 4.78 is 7.35. The molecule has 0 fully saturated rings. The molecule has 2 aliphatic rings. The molecule has 3 heterocycles. The van der Waals surface area contributed by atoms with Crippen LogP contribution in [0.3, 0.4) is 0 Å². The number of methoxy groups -OCH3 is 1. The highest BCUT2D eigenvalue weighted by Gasteiger charge is 2.36. The van der Waals surface area contributed by atoms with Crippen molar-refractivity contribution in [3.05, 3.63) is 87.7 Å². The third-order valence-corrected chi connectivity index (χ3v) is 6.93. The lowest BCUT2D eigenvalue weighted by Gasteiger charge is -2.20. The maximum absolute atomic E-state index is 12.9. The zero-order chi connectivity index (χ0) is 24.0. The van der Waals surface area contributed by atoms with Crippen molar-refractivity contribution in [2.75, 3.05) is 7.11 Å². The Hall–Kier alpha value is -3.62. The number of hydrazone groups is 1. The third kappa shape index (κ3) is 3.74. The van der Waals surface area contributed by atoms with Gasteiger partial charge in [-0.15, -0.1) is 0 Å². The molecular weight excluding hydrogens is 470 g/mol. The summed E-state index contributed by atoms with van der Waals surface area (Å²) in [6.45, 7) is 3.98. The number of benzene rings is 2. The largest absolute Gasteiger partial charge is 0.497 e. The molecule has 9 heteroatoms. The van der Waals surface area contributed by atoms with Gasteiger partial charge in [0.1, 0.15) is 10.8 Å². The molecule has 2 aromatic carbocycles. The van der Waals surface area contributed by atoms with Crippen molar-refractivity contribution in [1.29, 1.82) is 5.41 Å². The first-order valence-electron chi connectivity index (χ1n) is 10.5. The fourth-order valence-corrected chi connectivity index (χ4v) is 5.17. The molecule has 0 radical (unpaired) electrons. The van der Waals surface area contributed by atoms with Crippen molar-refractivity contribution in [3.8, 4) is 11.4 Å². The number of amidine groups is 2. The number of aryl methyl sites for hydroxylation is 1. The van der Waals surface area contributed by atoms with Gasteiger partial charge in [-0.2, -0.15) is 15.1 Å². The van der Waals surface area contributed by atoms with Gasteiger partial charge in [-0.25, -0.2) is 0 Å². The standard InChI is InChI=1S/C25H20ClN5O2S/c1-14-12-16(15(2)30(14)17-8-10-18(33-3)11-9-17)13-20-22(27)31-25(28-23(20)32)34-24(29-31)19-6-4-5-7-21(19)26/h4-13,27H,1-3H3. The maximum Gasteiger partial charge on any atom is 0.283 e. The monoisotopic (exact) mass is 489 g/mol. The zero-order valence-electron chi connectivity index (χ0n) is 18.7. The van der Waals surface area contributed by atoms with E-state index in [1.807, 2.05) is 62.4 Å². The van der Waals surface area contributed by atoms with Gasteiger partial charge in [0.25, 0.3) is 5.91 Å². The maximum atomic E-state index is 12.9. The predicted molar refractivity (Wildman–Crippen MR) is 137 cm³/mol. The second kappa shape index (κ2) is 8.62. The highest BCUT2D eigenvalue weighted by Crippen LogP contribution is 2.33. The number of thioether (sulfide) groups is 1. The van der Waals surface area contributed by atoms with E-state index in [4.69, 9.17) is 21.7 Å². The van der Waals surface area contributed by atoms with Crippen LogP contribution >= 0.6 is 23.4 Å². The Labute approximate surface area is 205 Å². The van der Waals surface area contributed by atoms with Crippen LogP contribution in [0.25, 0.3) is 11.8 Å². The van der Waals surface area contributed by atoms with Crippen molar-refractivity contribution >= 4 is 51.4 Å². The molecule has 170 valence electrons. The van der Waals surface area contributed by atoms with Crippen molar-refractivity contribution < 1.29 is 9.53 Å². The molecule has 0 saturated heterocycles. The van der Waals surface area contributed by atoms with E-state index in [-0.39, 0.29) is 11.4 Å². The van der Waals surface area contributed by atoms with E-state index in [2.05, 4.69) is 14.7 Å². The Morgan fingerprint density at radius 1 is 1.12 bits per heavy atom. The molecule has 34 heavy (non-hydrogen) atoms. The number of nitrogens with zero attached hydrogens (tertiary/aromatic N) is 4. The van der Waals surface area contributed by atoms with Crippen LogP contribution in [-0.4, -0.2) is 38.6 Å². The molecule has 0 unspecified atom stereocenters. The summed E-state index contributed by atoms with van der Waals surface area (Å²) in [6, 6.07) is 17.1. The number of hydrogen-bond donors (Lipinski definition) is 1. The Morgan fingerprint density at radius 2 is 1.85 bits per heavy atom. The van der Waals surface area contributed by atoms with Crippen LogP contribution in [0.1, 0.15) is 22.5 Å². The molecule has 5 rings (SSSR count). The molecule has 0 saturated carbocycles. The van der Waals surface area contributed by atoms with Gasteiger partial charge < -0.3 is 9.30 Å². The molecule has 0 atom stereocenters. The van der Waals surface area contributed by atoms with Crippen LogP contribution in [0, 0.1) is 19.3 Å². The van der Waals surface area contributed by atoms with Gasteiger partial charge >= 0.3 is 0 Å². The van der Waals surface area contributed by atoms with Crippen molar-refractivity contribution in [2.24, 2.45) is 10.1 Å². The molecule has 3 aromatic rings. The highest BCUT2D eigenvalue weighted by atomic mass is 35.5. The number of amides is 1. The smallest absolute Gasteiger partial charge is 0.283 e. The lowest BCUT2D eigenvalue weighted by molar-refractivity contribution is -0.114. The van der Waals surface area contributed by atoms with Gasteiger partial charge in [-0.3, -0.25) is 10.2 Å². The first-order chi connectivity index (χ1) is 16.4.